The van der Waals surface area contributed by atoms with Crippen LogP contribution < -0.4 is 0 Å². The van der Waals surface area contributed by atoms with E-state index in [1.54, 1.807) is 0 Å². The molecule has 0 saturated heterocycles. The Balaban J connectivity index is 0. The maximum absolute atomic E-state index is 10.7. The van der Waals surface area contributed by atoms with Crippen LogP contribution in [0.3, 0.4) is 0 Å². The zero-order chi connectivity index (χ0) is 25.9. The Morgan fingerprint density at radius 3 is 1.49 bits per heavy atom. The predicted molar refractivity (Wildman–Crippen MR) is 132 cm³/mol. The minimum atomic E-state index is -6.09. The van der Waals surface area contributed by atoms with Crippen molar-refractivity contribution in [1.82, 2.24) is 0 Å². The van der Waals surface area contributed by atoms with Crippen molar-refractivity contribution in [2.45, 2.75) is 83.2 Å². The Hall–Kier alpha value is -1.12. The Morgan fingerprint density at radius 1 is 0.800 bits per heavy atom. The van der Waals surface area contributed by atoms with Crippen LogP contribution in [0.1, 0.15) is 76.7 Å². The van der Waals surface area contributed by atoms with E-state index in [-0.39, 0.29) is 17.1 Å². The Kier molecular flexibility index (Phi) is 20.6. The molecule has 0 heterocycles. The van der Waals surface area contributed by atoms with Crippen molar-refractivity contribution >= 4 is 10.1 Å². The summed E-state index contributed by atoms with van der Waals surface area (Å²) in [5.74, 6) is 0. The van der Waals surface area contributed by atoms with Gasteiger partial charge in [-0.3, -0.25) is 0 Å². The zero-order valence-corrected chi connectivity index (χ0v) is 23.2. The third kappa shape index (κ3) is 21.9. The molecule has 0 N–H and O–H groups in total. The molecule has 0 bridgehead atoms. The van der Waals surface area contributed by atoms with Crippen molar-refractivity contribution in [2.75, 3.05) is 20.6 Å². The van der Waals surface area contributed by atoms with Gasteiger partial charge in [0.1, 0.15) is 0 Å². The van der Waals surface area contributed by atoms with Gasteiger partial charge in [0.15, 0.2) is 10.1 Å². The van der Waals surface area contributed by atoms with Crippen LogP contribution in [0, 0.1) is 0 Å². The molecule has 2 aromatic carbocycles. The van der Waals surface area contributed by atoms with Crippen molar-refractivity contribution in [3.63, 3.8) is 0 Å². The van der Waals surface area contributed by atoms with E-state index in [1.807, 2.05) is 30.3 Å². The van der Waals surface area contributed by atoms with Crippen molar-refractivity contribution in [3.8, 4) is 0 Å². The molecule has 0 aliphatic heterocycles. The van der Waals surface area contributed by atoms with Gasteiger partial charge in [-0.15, -0.1) is 5.56 Å². The molecular formula is C26H42F3FeNO3S-6. The minimum absolute atomic E-state index is 0. The topological polar surface area (TPSA) is 57.2 Å². The number of hydrogen-bond acceptors (Lipinski definition) is 3. The number of halogens is 3. The summed E-state index contributed by atoms with van der Waals surface area (Å²) in [7, 11) is -1.37. The molecule has 0 radical (unpaired) electrons. The Bertz CT molecular complexity index is 773. The van der Waals surface area contributed by atoms with Crippen LogP contribution in [0.4, 0.5) is 13.2 Å². The van der Waals surface area contributed by atoms with Crippen LogP contribution in [0.2, 0.25) is 0 Å². The predicted octanol–water partition coefficient (Wildman–Crippen LogP) is 7.36. The fourth-order valence-corrected chi connectivity index (χ4v) is 3.44. The van der Waals surface area contributed by atoms with Gasteiger partial charge in [0.2, 0.25) is 0 Å². The first kappa shape index (κ1) is 36.0. The molecule has 0 atom stereocenters. The molecule has 0 aliphatic rings. The zero-order valence-electron chi connectivity index (χ0n) is 21.2. The minimum Gasteiger partial charge on any atom is -0.748 e. The number of quaternary nitrogens is 1. The summed E-state index contributed by atoms with van der Waals surface area (Å²) in [6.45, 7) is 4.77. The molecule has 2 rings (SSSR count). The number of alkyl halides is 3. The molecule has 4 nitrogen and oxygen atoms in total. The monoisotopic (exact) mass is 561 g/mol. The third-order valence-corrected chi connectivity index (χ3v) is 5.87. The van der Waals surface area contributed by atoms with Crippen molar-refractivity contribution < 1.29 is 47.7 Å². The molecule has 35 heavy (non-hydrogen) atoms. The summed E-state index contributed by atoms with van der Waals surface area (Å²) in [5, 5.41) is 0. The fraction of sp³-hybridized carbons (Fsp3) is 0.615. The number of hydrogen-bond donors (Lipinski definition) is 0. The normalized spacial score (nSPS) is 11.5. The maximum atomic E-state index is 10.7. The van der Waals surface area contributed by atoms with Crippen molar-refractivity contribution in [3.05, 3.63) is 60.2 Å². The van der Waals surface area contributed by atoms with Gasteiger partial charge in [-0.25, -0.2) is 20.6 Å². The first-order chi connectivity index (χ1) is 15.9. The summed E-state index contributed by atoms with van der Waals surface area (Å²) in [6.07, 6.45) is 14.3. The molecule has 0 spiro atoms. The van der Waals surface area contributed by atoms with Gasteiger partial charge >= 0.3 is 5.51 Å². The molecule has 9 heteroatoms. The van der Waals surface area contributed by atoms with E-state index in [4.69, 9.17) is 13.0 Å². The largest absolute Gasteiger partial charge is 0.748 e. The number of unbranched alkanes of at least 4 members (excludes halogenated alkanes) is 9. The SMILES string of the molecule is CCCCCCCCCCCC[N+](C)(C)C[c-]1cccc1.O=S(=O)([O-])C(F)(F)F.[Fe].[cH-]1[cH-][cH-][cH-][cH-]1. The van der Waals surface area contributed by atoms with Crippen LogP contribution in [0.25, 0.3) is 0 Å². The quantitative estimate of drug-likeness (QED) is 0.0642. The van der Waals surface area contributed by atoms with E-state index < -0.39 is 15.6 Å². The number of nitrogens with zero attached hydrogens (tertiary/aromatic N) is 1. The van der Waals surface area contributed by atoms with Crippen LogP contribution in [-0.4, -0.2) is 43.6 Å². The second kappa shape index (κ2) is 20.0. The Morgan fingerprint density at radius 2 is 1.14 bits per heavy atom. The fourth-order valence-electron chi connectivity index (χ4n) is 3.44. The van der Waals surface area contributed by atoms with E-state index in [0.29, 0.717) is 0 Å². The van der Waals surface area contributed by atoms with E-state index >= 15 is 0 Å². The maximum Gasteiger partial charge on any atom is 0.485 e. The number of rotatable bonds is 13. The van der Waals surface area contributed by atoms with E-state index in [1.165, 1.54) is 82.9 Å². The second-order valence-corrected chi connectivity index (χ2v) is 10.5. The molecule has 0 unspecified atom stereocenters. The average molecular weight is 562 g/mol. The van der Waals surface area contributed by atoms with E-state index in [2.05, 4.69) is 45.3 Å². The van der Waals surface area contributed by atoms with Crippen LogP contribution >= 0.6 is 0 Å². The van der Waals surface area contributed by atoms with E-state index in [0.717, 1.165) is 4.48 Å². The van der Waals surface area contributed by atoms with Crippen LogP contribution in [0.15, 0.2) is 54.6 Å². The summed E-state index contributed by atoms with van der Waals surface area (Å²) in [4.78, 5) is 0. The molecule has 0 aliphatic carbocycles. The smallest absolute Gasteiger partial charge is 0.485 e. The molecular weight excluding hydrogens is 519 g/mol. The van der Waals surface area contributed by atoms with Gasteiger partial charge < -0.3 is 39.4 Å². The van der Waals surface area contributed by atoms with Gasteiger partial charge in [0, 0.05) is 17.1 Å². The third-order valence-electron chi connectivity index (χ3n) is 5.30. The summed E-state index contributed by atoms with van der Waals surface area (Å²) >= 11 is 0. The second-order valence-electron chi connectivity index (χ2n) is 9.15. The van der Waals surface area contributed by atoms with Gasteiger partial charge in [0.05, 0.1) is 27.2 Å². The summed E-state index contributed by atoms with van der Waals surface area (Å²) in [5.41, 5.74) is -4.17. The van der Waals surface area contributed by atoms with Crippen molar-refractivity contribution in [1.29, 1.82) is 0 Å². The average Bonchev–Trinajstić information content (AvgIpc) is 3.45. The standard InChI is InChI=1S/C20H37N.C5H5.CHF3O3S.Fe/c1-4-5-6-7-8-9-10-11-12-15-18-21(2,3)19-20-16-13-14-17-20;1-2-4-5-3-1;2-1(3,4)8(5,6)7;/h13-14,16-17H,4-12,15,18-19H2,1-3H3;1-5H;(H,5,6,7);/q;-5;;/p-1. The van der Waals surface area contributed by atoms with Gasteiger partial charge in [-0.2, -0.15) is 25.3 Å². The molecule has 210 valence electrons. The molecule has 2 aromatic rings. The summed E-state index contributed by atoms with van der Waals surface area (Å²) in [6, 6.07) is 18.8. The first-order valence-electron chi connectivity index (χ1n) is 12.1. The summed E-state index contributed by atoms with van der Waals surface area (Å²) < 4.78 is 60.0. The van der Waals surface area contributed by atoms with Crippen molar-refractivity contribution in [2.24, 2.45) is 0 Å². The van der Waals surface area contributed by atoms with E-state index in [9.17, 15) is 13.2 Å². The van der Waals surface area contributed by atoms with Gasteiger partial charge in [0.25, 0.3) is 0 Å². The Labute approximate surface area is 221 Å². The van der Waals surface area contributed by atoms with Crippen LogP contribution in [-0.2, 0) is 33.7 Å². The molecule has 0 aromatic heterocycles. The van der Waals surface area contributed by atoms with Crippen LogP contribution in [0.5, 0.6) is 0 Å². The molecule has 0 saturated carbocycles. The van der Waals surface area contributed by atoms with Gasteiger partial charge in [-0.1, -0.05) is 58.3 Å². The molecule has 0 fully saturated rings. The van der Waals surface area contributed by atoms with Gasteiger partial charge in [-0.05, 0) is 12.8 Å². The molecule has 0 amide bonds. The first-order valence-corrected chi connectivity index (χ1v) is 13.5.